The molecule has 0 saturated heterocycles. The molecule has 0 radical (unpaired) electrons. The molecule has 2 aromatic carbocycles. The average Bonchev–Trinajstić information content (AvgIpc) is 2.49. The zero-order chi connectivity index (χ0) is 15.4. The van der Waals surface area contributed by atoms with Gasteiger partial charge in [-0.3, -0.25) is 10.1 Å². The van der Waals surface area contributed by atoms with Gasteiger partial charge >= 0.3 is 0 Å². The van der Waals surface area contributed by atoms with Crippen molar-refractivity contribution in [1.82, 2.24) is 0 Å². The highest BCUT2D eigenvalue weighted by atomic mass is 79.9. The van der Waals surface area contributed by atoms with E-state index >= 15 is 0 Å². The van der Waals surface area contributed by atoms with Crippen molar-refractivity contribution < 1.29 is 14.4 Å². The van der Waals surface area contributed by atoms with Crippen LogP contribution in [0.1, 0.15) is 11.1 Å². The van der Waals surface area contributed by atoms with Gasteiger partial charge in [-0.15, -0.1) is 0 Å². The predicted octanol–water partition coefficient (Wildman–Crippen LogP) is 4.60. The van der Waals surface area contributed by atoms with Crippen LogP contribution in [0.25, 0.3) is 0 Å². The van der Waals surface area contributed by atoms with Crippen LogP contribution >= 0.6 is 15.9 Å². The number of benzene rings is 2. The Kier molecular flexibility index (Phi) is 4.80. The molecule has 5 nitrogen and oxygen atoms in total. The molecule has 0 bridgehead atoms. The number of halogens is 1. The number of ether oxygens (including phenoxy) is 2. The lowest BCUT2D eigenvalue weighted by Gasteiger charge is -2.12. The van der Waals surface area contributed by atoms with Gasteiger partial charge in [-0.1, -0.05) is 28.1 Å². The number of aryl methyl sites for hydroxylation is 1. The molecule has 0 aliphatic rings. The van der Waals surface area contributed by atoms with Gasteiger partial charge in [0.15, 0.2) is 11.5 Å². The Bertz CT molecular complexity index is 673. The molecule has 0 amide bonds. The fourth-order valence-electron chi connectivity index (χ4n) is 1.88. The van der Waals surface area contributed by atoms with Crippen LogP contribution in [0, 0.1) is 17.0 Å². The van der Waals surface area contributed by atoms with Crippen LogP contribution in [0.2, 0.25) is 0 Å². The maximum Gasteiger partial charge on any atom is 0.273 e. The Labute approximate surface area is 130 Å². The van der Waals surface area contributed by atoms with Gasteiger partial charge in [0.05, 0.1) is 18.1 Å². The molecule has 2 rings (SSSR count). The van der Waals surface area contributed by atoms with E-state index < -0.39 is 4.92 Å². The van der Waals surface area contributed by atoms with Gasteiger partial charge in [0.1, 0.15) is 5.75 Å². The van der Waals surface area contributed by atoms with Crippen LogP contribution in [0.4, 0.5) is 5.69 Å². The van der Waals surface area contributed by atoms with E-state index in [0.717, 1.165) is 16.5 Å². The monoisotopic (exact) mass is 351 g/mol. The summed E-state index contributed by atoms with van der Waals surface area (Å²) >= 11 is 3.40. The van der Waals surface area contributed by atoms with Crippen LogP contribution < -0.4 is 9.47 Å². The summed E-state index contributed by atoms with van der Waals surface area (Å²) in [5.74, 6) is 1.46. The summed E-state index contributed by atoms with van der Waals surface area (Å²) in [6.07, 6.45) is 0. The SMILES string of the molecule is COc1cc([N+](=O)[O-])ccc1Oc1ccc(CBr)cc1C. The quantitative estimate of drug-likeness (QED) is 0.448. The van der Waals surface area contributed by atoms with Crippen molar-refractivity contribution in [2.24, 2.45) is 0 Å². The fraction of sp³-hybridized carbons (Fsp3) is 0.200. The molecule has 21 heavy (non-hydrogen) atoms. The second-order valence-corrected chi connectivity index (χ2v) is 4.99. The minimum Gasteiger partial charge on any atom is -0.493 e. The van der Waals surface area contributed by atoms with E-state index in [-0.39, 0.29) is 5.69 Å². The highest BCUT2D eigenvalue weighted by Gasteiger charge is 2.13. The molecule has 110 valence electrons. The molecular weight excluding hydrogens is 338 g/mol. The number of nitrogens with zero attached hydrogens (tertiary/aromatic N) is 1. The van der Waals surface area contributed by atoms with Gasteiger partial charge in [-0.05, 0) is 30.2 Å². The van der Waals surface area contributed by atoms with E-state index in [9.17, 15) is 10.1 Å². The number of rotatable bonds is 5. The third kappa shape index (κ3) is 3.52. The zero-order valence-corrected chi connectivity index (χ0v) is 13.2. The molecule has 0 spiro atoms. The highest BCUT2D eigenvalue weighted by Crippen LogP contribution is 2.35. The number of methoxy groups -OCH3 is 1. The van der Waals surface area contributed by atoms with Crippen molar-refractivity contribution in [1.29, 1.82) is 0 Å². The molecule has 0 unspecified atom stereocenters. The minimum atomic E-state index is -0.470. The largest absolute Gasteiger partial charge is 0.493 e. The molecule has 0 N–H and O–H groups in total. The fourth-order valence-corrected chi connectivity index (χ4v) is 2.23. The molecule has 0 heterocycles. The number of nitro benzene ring substituents is 1. The Morgan fingerprint density at radius 3 is 2.43 bits per heavy atom. The number of hydrogen-bond acceptors (Lipinski definition) is 4. The zero-order valence-electron chi connectivity index (χ0n) is 11.6. The molecule has 6 heteroatoms. The van der Waals surface area contributed by atoms with E-state index in [4.69, 9.17) is 9.47 Å². The van der Waals surface area contributed by atoms with Crippen molar-refractivity contribution in [3.63, 3.8) is 0 Å². The standard InChI is InChI=1S/C15H14BrNO4/c1-10-7-11(9-16)3-5-13(10)21-14-6-4-12(17(18)19)8-15(14)20-2/h3-8H,9H2,1-2H3. The van der Waals surface area contributed by atoms with E-state index in [1.807, 2.05) is 25.1 Å². The van der Waals surface area contributed by atoms with E-state index in [0.29, 0.717) is 17.2 Å². The first-order valence-corrected chi connectivity index (χ1v) is 7.33. The molecule has 0 aromatic heterocycles. The Morgan fingerprint density at radius 2 is 1.86 bits per heavy atom. The predicted molar refractivity (Wildman–Crippen MR) is 83.5 cm³/mol. The summed E-state index contributed by atoms with van der Waals surface area (Å²) in [5.41, 5.74) is 2.09. The third-order valence-electron chi connectivity index (χ3n) is 2.97. The molecule has 0 atom stereocenters. The molecule has 0 fully saturated rings. The third-order valence-corrected chi connectivity index (χ3v) is 3.62. The van der Waals surface area contributed by atoms with Crippen LogP contribution in [0.5, 0.6) is 17.2 Å². The first kappa shape index (κ1) is 15.3. The summed E-state index contributed by atoms with van der Waals surface area (Å²) < 4.78 is 11.0. The molecular formula is C15H14BrNO4. The summed E-state index contributed by atoms with van der Waals surface area (Å²) in [6, 6.07) is 10.1. The van der Waals surface area contributed by atoms with Crippen LogP contribution in [-0.2, 0) is 5.33 Å². The number of non-ortho nitro benzene ring substituents is 1. The van der Waals surface area contributed by atoms with Crippen molar-refractivity contribution in [3.05, 3.63) is 57.6 Å². The Morgan fingerprint density at radius 1 is 1.14 bits per heavy atom. The summed E-state index contributed by atoms with van der Waals surface area (Å²) in [7, 11) is 1.45. The maximum absolute atomic E-state index is 10.8. The lowest BCUT2D eigenvalue weighted by molar-refractivity contribution is -0.384. The summed E-state index contributed by atoms with van der Waals surface area (Å²) in [5, 5.41) is 11.5. The second kappa shape index (κ2) is 6.58. The second-order valence-electron chi connectivity index (χ2n) is 4.43. The molecule has 0 saturated carbocycles. The van der Waals surface area contributed by atoms with Crippen molar-refractivity contribution in [2.45, 2.75) is 12.3 Å². The van der Waals surface area contributed by atoms with E-state index in [1.165, 1.54) is 25.3 Å². The topological polar surface area (TPSA) is 61.6 Å². The lowest BCUT2D eigenvalue weighted by Crippen LogP contribution is -1.95. The van der Waals surface area contributed by atoms with Crippen LogP contribution in [0.3, 0.4) is 0 Å². The summed E-state index contributed by atoms with van der Waals surface area (Å²) in [4.78, 5) is 10.3. The van der Waals surface area contributed by atoms with E-state index in [1.54, 1.807) is 0 Å². The number of hydrogen-bond donors (Lipinski definition) is 0. The lowest BCUT2D eigenvalue weighted by atomic mass is 10.1. The number of alkyl halides is 1. The number of nitro groups is 1. The molecule has 0 aliphatic carbocycles. The molecule has 2 aromatic rings. The van der Waals surface area contributed by atoms with Crippen molar-refractivity contribution in [2.75, 3.05) is 7.11 Å². The maximum atomic E-state index is 10.8. The minimum absolute atomic E-state index is 0.0365. The van der Waals surface area contributed by atoms with Gasteiger partial charge in [-0.25, -0.2) is 0 Å². The first-order valence-electron chi connectivity index (χ1n) is 6.21. The average molecular weight is 352 g/mol. The Balaban J connectivity index is 2.33. The van der Waals surface area contributed by atoms with Crippen LogP contribution in [0.15, 0.2) is 36.4 Å². The van der Waals surface area contributed by atoms with Crippen LogP contribution in [-0.4, -0.2) is 12.0 Å². The highest BCUT2D eigenvalue weighted by molar-refractivity contribution is 9.08. The Hall–Kier alpha value is -2.08. The summed E-state index contributed by atoms with van der Waals surface area (Å²) in [6.45, 7) is 1.94. The van der Waals surface area contributed by atoms with Crippen molar-refractivity contribution in [3.8, 4) is 17.2 Å². The van der Waals surface area contributed by atoms with Gasteiger partial charge < -0.3 is 9.47 Å². The van der Waals surface area contributed by atoms with Crippen molar-refractivity contribution >= 4 is 21.6 Å². The van der Waals surface area contributed by atoms with Gasteiger partial charge in [-0.2, -0.15) is 0 Å². The van der Waals surface area contributed by atoms with Gasteiger partial charge in [0.25, 0.3) is 5.69 Å². The van der Waals surface area contributed by atoms with E-state index in [2.05, 4.69) is 15.9 Å². The first-order chi connectivity index (χ1) is 10.0. The smallest absolute Gasteiger partial charge is 0.273 e. The normalized spacial score (nSPS) is 10.2. The van der Waals surface area contributed by atoms with Gasteiger partial charge in [0, 0.05) is 11.4 Å². The molecule has 0 aliphatic heterocycles. The van der Waals surface area contributed by atoms with Gasteiger partial charge in [0.2, 0.25) is 0 Å².